The minimum Gasteiger partial charge on any atom is -0.507 e. The van der Waals surface area contributed by atoms with Crippen LogP contribution in [-0.4, -0.2) is 58.1 Å². The quantitative estimate of drug-likeness (QED) is 0.387. The first-order valence-corrected chi connectivity index (χ1v) is 11.6. The Kier molecular flexibility index (Phi) is 7.07. The van der Waals surface area contributed by atoms with Crippen LogP contribution in [0.5, 0.6) is 17.2 Å². The second kappa shape index (κ2) is 10.2. The van der Waals surface area contributed by atoms with E-state index >= 15 is 0 Å². The van der Waals surface area contributed by atoms with Gasteiger partial charge in [-0.3, -0.25) is 9.89 Å². The van der Waals surface area contributed by atoms with E-state index in [4.69, 9.17) is 9.47 Å². The third-order valence-electron chi connectivity index (χ3n) is 6.09. The number of hydrogen-bond donors (Lipinski definition) is 3. The molecule has 2 aromatic carbocycles. The molecule has 3 aromatic rings. The Morgan fingerprint density at radius 2 is 1.97 bits per heavy atom. The van der Waals surface area contributed by atoms with Crippen LogP contribution in [0.4, 0.5) is 0 Å². The number of nitrogens with zero attached hydrogens (tertiary/aromatic N) is 2. The van der Waals surface area contributed by atoms with Crippen molar-refractivity contribution in [3.05, 3.63) is 58.8 Å². The zero-order chi connectivity index (χ0) is 24.2. The number of unbranched alkanes of at least 4 members (excludes halogenated alkanes) is 1. The first-order chi connectivity index (χ1) is 16.5. The molecule has 8 heteroatoms. The molecule has 1 amide bonds. The minimum atomic E-state index is -0.457. The Morgan fingerprint density at radius 1 is 1.15 bits per heavy atom. The van der Waals surface area contributed by atoms with E-state index in [-0.39, 0.29) is 18.3 Å². The fraction of sp³-hybridized carbons (Fsp3) is 0.385. The summed E-state index contributed by atoms with van der Waals surface area (Å²) in [6.07, 6.45) is 2.42. The van der Waals surface area contributed by atoms with Crippen LogP contribution in [0.25, 0.3) is 11.3 Å². The molecule has 1 aromatic heterocycles. The van der Waals surface area contributed by atoms with Gasteiger partial charge < -0.3 is 24.6 Å². The normalized spacial score (nSPS) is 15.0. The third-order valence-corrected chi connectivity index (χ3v) is 6.09. The molecule has 180 valence electrons. The summed E-state index contributed by atoms with van der Waals surface area (Å²) in [5.74, 6) is 1.13. The van der Waals surface area contributed by atoms with Crippen molar-refractivity contribution in [2.24, 2.45) is 0 Å². The molecule has 1 aliphatic heterocycles. The van der Waals surface area contributed by atoms with Crippen molar-refractivity contribution in [1.29, 1.82) is 0 Å². The highest BCUT2D eigenvalue weighted by Gasteiger charge is 2.42. The summed E-state index contributed by atoms with van der Waals surface area (Å²) >= 11 is 0. The lowest BCUT2D eigenvalue weighted by molar-refractivity contribution is 0.0732. The van der Waals surface area contributed by atoms with Gasteiger partial charge in [0, 0.05) is 24.3 Å². The molecule has 4 rings (SSSR count). The molecule has 0 radical (unpaired) electrons. The molecule has 3 N–H and O–H groups in total. The van der Waals surface area contributed by atoms with Crippen molar-refractivity contribution in [3.8, 4) is 28.5 Å². The Morgan fingerprint density at radius 3 is 2.71 bits per heavy atom. The number of H-pyrrole nitrogens is 1. The number of nitrogens with one attached hydrogen (secondary N) is 1. The van der Waals surface area contributed by atoms with Crippen LogP contribution < -0.4 is 9.47 Å². The lowest BCUT2D eigenvalue weighted by Gasteiger charge is -2.27. The molecule has 0 saturated carbocycles. The van der Waals surface area contributed by atoms with Crippen LogP contribution >= 0.6 is 0 Å². The van der Waals surface area contributed by atoms with Gasteiger partial charge >= 0.3 is 0 Å². The lowest BCUT2D eigenvalue weighted by atomic mass is 9.94. The SMILES string of the molecule is CCCCOc1ccc([C@H]2c3c(-c4cc(C)ccc4O)n[nH]c3C(=O)N2CCCO)cc1OC. The van der Waals surface area contributed by atoms with Gasteiger partial charge in [0.1, 0.15) is 17.1 Å². The number of aryl methyl sites for hydroxylation is 1. The topological polar surface area (TPSA) is 108 Å². The number of phenolic OH excluding ortho intramolecular Hbond substituents is 1. The van der Waals surface area contributed by atoms with Crippen LogP contribution in [0.1, 0.15) is 59.4 Å². The zero-order valence-corrected chi connectivity index (χ0v) is 19.8. The van der Waals surface area contributed by atoms with Gasteiger partial charge in [-0.2, -0.15) is 5.10 Å². The van der Waals surface area contributed by atoms with Gasteiger partial charge in [0.2, 0.25) is 0 Å². The van der Waals surface area contributed by atoms with Crippen LogP contribution in [0, 0.1) is 6.92 Å². The summed E-state index contributed by atoms with van der Waals surface area (Å²) in [5, 5.41) is 27.3. The van der Waals surface area contributed by atoms with Gasteiger partial charge in [-0.15, -0.1) is 0 Å². The van der Waals surface area contributed by atoms with E-state index in [9.17, 15) is 15.0 Å². The molecule has 0 fully saturated rings. The van der Waals surface area contributed by atoms with Gasteiger partial charge in [-0.25, -0.2) is 0 Å². The van der Waals surface area contributed by atoms with Crippen molar-refractivity contribution >= 4 is 5.91 Å². The van der Waals surface area contributed by atoms with Crippen molar-refractivity contribution in [2.45, 2.75) is 39.2 Å². The number of aromatic amines is 1. The van der Waals surface area contributed by atoms with E-state index in [2.05, 4.69) is 17.1 Å². The first-order valence-electron chi connectivity index (χ1n) is 11.6. The lowest BCUT2D eigenvalue weighted by Crippen LogP contribution is -2.31. The van der Waals surface area contributed by atoms with E-state index in [1.165, 1.54) is 0 Å². The predicted molar refractivity (Wildman–Crippen MR) is 128 cm³/mol. The number of rotatable bonds is 10. The molecule has 0 saturated heterocycles. The van der Waals surface area contributed by atoms with E-state index < -0.39 is 6.04 Å². The molecule has 34 heavy (non-hydrogen) atoms. The van der Waals surface area contributed by atoms with Gasteiger partial charge in [0.15, 0.2) is 11.5 Å². The Hall–Kier alpha value is -3.52. The third kappa shape index (κ3) is 4.33. The summed E-state index contributed by atoms with van der Waals surface area (Å²) in [4.78, 5) is 15.1. The van der Waals surface area contributed by atoms with Crippen molar-refractivity contribution in [3.63, 3.8) is 0 Å². The van der Waals surface area contributed by atoms with Crippen LogP contribution in [0.3, 0.4) is 0 Å². The monoisotopic (exact) mass is 465 g/mol. The molecular weight excluding hydrogens is 434 g/mol. The number of benzene rings is 2. The largest absolute Gasteiger partial charge is 0.507 e. The maximum Gasteiger partial charge on any atom is 0.273 e. The number of aromatic hydroxyl groups is 1. The number of aliphatic hydroxyl groups is 1. The second-order valence-corrected chi connectivity index (χ2v) is 8.47. The summed E-state index contributed by atoms with van der Waals surface area (Å²) < 4.78 is 11.5. The second-order valence-electron chi connectivity index (χ2n) is 8.47. The number of carbonyl (C=O) groups is 1. The maximum atomic E-state index is 13.3. The molecule has 1 atom stereocenters. The summed E-state index contributed by atoms with van der Waals surface area (Å²) in [6.45, 7) is 4.99. The summed E-state index contributed by atoms with van der Waals surface area (Å²) in [5.41, 5.74) is 3.98. The van der Waals surface area contributed by atoms with Gasteiger partial charge in [0.05, 0.1) is 19.8 Å². The molecule has 1 aliphatic rings. The molecule has 2 heterocycles. The average molecular weight is 466 g/mol. The van der Waals surface area contributed by atoms with E-state index in [0.717, 1.165) is 24.0 Å². The number of aromatic nitrogens is 2. The van der Waals surface area contributed by atoms with Gasteiger partial charge in [0.25, 0.3) is 5.91 Å². The Bertz CT molecular complexity index is 1170. The average Bonchev–Trinajstić information content (AvgIpc) is 3.38. The number of phenols is 1. The van der Waals surface area contributed by atoms with Crippen LogP contribution in [0.2, 0.25) is 0 Å². The highest BCUT2D eigenvalue weighted by molar-refractivity contribution is 6.00. The zero-order valence-electron chi connectivity index (χ0n) is 19.8. The molecule has 0 spiro atoms. The number of fused-ring (bicyclic) bond motifs is 1. The Labute approximate surface area is 199 Å². The maximum absolute atomic E-state index is 13.3. The highest BCUT2D eigenvalue weighted by Crippen LogP contribution is 2.46. The minimum absolute atomic E-state index is 0.0261. The van der Waals surface area contributed by atoms with Crippen molar-refractivity contribution in [2.75, 3.05) is 26.9 Å². The number of ether oxygens (including phenoxy) is 2. The Balaban J connectivity index is 1.82. The summed E-state index contributed by atoms with van der Waals surface area (Å²) in [6, 6.07) is 10.5. The molecular formula is C26H31N3O5. The highest BCUT2D eigenvalue weighted by atomic mass is 16.5. The van der Waals surface area contributed by atoms with Crippen LogP contribution in [0.15, 0.2) is 36.4 Å². The first kappa shape index (κ1) is 23.6. The summed E-state index contributed by atoms with van der Waals surface area (Å²) in [7, 11) is 1.59. The van der Waals surface area contributed by atoms with E-state index in [1.807, 2.05) is 37.3 Å². The number of hydrogen-bond acceptors (Lipinski definition) is 6. The van der Waals surface area contributed by atoms with E-state index in [1.54, 1.807) is 18.1 Å². The smallest absolute Gasteiger partial charge is 0.273 e. The number of aliphatic hydroxyl groups excluding tert-OH is 1. The predicted octanol–water partition coefficient (Wildman–Crippen LogP) is 4.21. The van der Waals surface area contributed by atoms with Crippen LogP contribution in [-0.2, 0) is 0 Å². The number of methoxy groups -OCH3 is 1. The molecule has 8 nitrogen and oxygen atoms in total. The fourth-order valence-corrected chi connectivity index (χ4v) is 4.36. The van der Waals surface area contributed by atoms with Gasteiger partial charge in [-0.1, -0.05) is 31.0 Å². The molecule has 0 unspecified atom stereocenters. The van der Waals surface area contributed by atoms with Gasteiger partial charge in [-0.05, 0) is 49.6 Å². The molecule has 0 bridgehead atoms. The standard InChI is InChI=1S/C26H31N3O5/c1-4-5-13-34-20-10-8-17(15-21(20)33-3)25-22-23(18-14-16(2)7-9-19(18)31)27-28-24(22)26(32)29(25)11-6-12-30/h7-10,14-15,25,30-31H,4-6,11-13H2,1-3H3,(H,27,28)/t25-/m0/s1. The molecule has 0 aliphatic carbocycles. The van der Waals surface area contributed by atoms with Crippen molar-refractivity contribution < 1.29 is 24.5 Å². The van der Waals surface area contributed by atoms with Crippen molar-refractivity contribution in [1.82, 2.24) is 15.1 Å². The number of amides is 1. The van der Waals surface area contributed by atoms with E-state index in [0.29, 0.717) is 53.6 Å². The fourth-order valence-electron chi connectivity index (χ4n) is 4.36. The number of carbonyl (C=O) groups excluding carboxylic acids is 1.